The van der Waals surface area contributed by atoms with E-state index in [9.17, 15) is 0 Å². The molecular formula is C10H17BrN4. The largest absolute Gasteiger partial charge is 0.367 e. The van der Waals surface area contributed by atoms with Gasteiger partial charge in [0.05, 0.1) is 4.47 Å². The molecule has 1 rings (SSSR count). The molecule has 0 aliphatic carbocycles. The van der Waals surface area contributed by atoms with Crippen LogP contribution in [-0.2, 0) is 0 Å². The average molecular weight is 273 g/mol. The topological polar surface area (TPSA) is 41.0 Å². The molecule has 1 aromatic rings. The lowest BCUT2D eigenvalue weighted by molar-refractivity contribution is 0.210. The Labute approximate surface area is 99.2 Å². The molecule has 0 aliphatic rings. The summed E-state index contributed by atoms with van der Waals surface area (Å²) in [6, 6.07) is 0. The first-order valence-corrected chi connectivity index (χ1v) is 5.59. The van der Waals surface area contributed by atoms with Crippen molar-refractivity contribution in [2.45, 2.75) is 19.4 Å². The lowest BCUT2D eigenvalue weighted by atomic mass is 10.0. The number of hydrogen-bond acceptors (Lipinski definition) is 4. The molecule has 0 saturated heterocycles. The van der Waals surface area contributed by atoms with Crippen molar-refractivity contribution in [1.29, 1.82) is 0 Å². The number of likely N-dealkylation sites (N-methyl/N-ethyl adjacent to an activating group) is 1. The molecule has 1 aromatic heterocycles. The smallest absolute Gasteiger partial charge is 0.143 e. The number of halogens is 1. The summed E-state index contributed by atoms with van der Waals surface area (Å²) < 4.78 is 0.888. The van der Waals surface area contributed by atoms with Gasteiger partial charge in [0, 0.05) is 18.3 Å². The minimum Gasteiger partial charge on any atom is -0.367 e. The molecule has 5 heteroatoms. The Morgan fingerprint density at radius 3 is 2.67 bits per heavy atom. The van der Waals surface area contributed by atoms with Crippen molar-refractivity contribution < 1.29 is 0 Å². The van der Waals surface area contributed by atoms with Crippen LogP contribution >= 0.6 is 15.9 Å². The van der Waals surface area contributed by atoms with Crippen LogP contribution in [0.4, 0.5) is 5.82 Å². The van der Waals surface area contributed by atoms with Gasteiger partial charge in [0.15, 0.2) is 0 Å². The third kappa shape index (κ3) is 3.43. The van der Waals surface area contributed by atoms with Crippen LogP contribution in [0.25, 0.3) is 0 Å². The summed E-state index contributed by atoms with van der Waals surface area (Å²) >= 11 is 3.40. The van der Waals surface area contributed by atoms with Crippen LogP contribution in [0.2, 0.25) is 0 Å². The van der Waals surface area contributed by atoms with Crippen LogP contribution in [-0.4, -0.2) is 41.0 Å². The lowest BCUT2D eigenvalue weighted by Gasteiger charge is -2.32. The molecule has 0 aliphatic heterocycles. The maximum Gasteiger partial charge on any atom is 0.143 e. The lowest BCUT2D eigenvalue weighted by Crippen LogP contribution is -2.44. The highest BCUT2D eigenvalue weighted by Crippen LogP contribution is 2.18. The molecule has 84 valence electrons. The van der Waals surface area contributed by atoms with E-state index < -0.39 is 0 Å². The van der Waals surface area contributed by atoms with E-state index in [1.165, 1.54) is 6.33 Å². The van der Waals surface area contributed by atoms with Gasteiger partial charge in [-0.2, -0.15) is 0 Å². The highest BCUT2D eigenvalue weighted by Gasteiger charge is 2.20. The second kappa shape index (κ2) is 4.90. The minimum absolute atomic E-state index is 0.0877. The van der Waals surface area contributed by atoms with E-state index in [-0.39, 0.29) is 5.54 Å². The fourth-order valence-corrected chi connectivity index (χ4v) is 1.26. The van der Waals surface area contributed by atoms with Gasteiger partial charge in [-0.15, -0.1) is 0 Å². The molecule has 0 atom stereocenters. The third-order valence-electron chi connectivity index (χ3n) is 2.57. The second-order valence-electron chi connectivity index (χ2n) is 4.28. The molecule has 0 unspecified atom stereocenters. The van der Waals surface area contributed by atoms with Gasteiger partial charge in [-0.25, -0.2) is 9.97 Å². The zero-order chi connectivity index (χ0) is 11.5. The van der Waals surface area contributed by atoms with Crippen molar-refractivity contribution in [2.24, 2.45) is 0 Å². The summed E-state index contributed by atoms with van der Waals surface area (Å²) in [6.45, 7) is 5.18. The summed E-state index contributed by atoms with van der Waals surface area (Å²) in [4.78, 5) is 10.2. The van der Waals surface area contributed by atoms with Crippen LogP contribution in [0.5, 0.6) is 0 Å². The molecule has 15 heavy (non-hydrogen) atoms. The number of aromatic nitrogens is 2. The van der Waals surface area contributed by atoms with E-state index in [0.717, 1.165) is 16.8 Å². The third-order valence-corrected chi connectivity index (χ3v) is 3.15. The van der Waals surface area contributed by atoms with E-state index in [4.69, 9.17) is 0 Å². The summed E-state index contributed by atoms with van der Waals surface area (Å²) in [5.74, 6) is 0.833. The Morgan fingerprint density at radius 2 is 2.13 bits per heavy atom. The Balaban J connectivity index is 2.62. The van der Waals surface area contributed by atoms with Gasteiger partial charge in [0.2, 0.25) is 0 Å². The fourth-order valence-electron chi connectivity index (χ4n) is 0.901. The standard InChI is InChI=1S/C10H17BrN4/c1-10(2,15(3)4)6-13-9-8(11)5-12-7-14-9/h5,7H,6H2,1-4H3,(H,12,13,14). The molecule has 0 fully saturated rings. The van der Waals surface area contributed by atoms with Crippen molar-refractivity contribution in [3.8, 4) is 0 Å². The predicted molar refractivity (Wildman–Crippen MR) is 66.0 cm³/mol. The van der Waals surface area contributed by atoms with Crippen molar-refractivity contribution in [3.05, 3.63) is 17.0 Å². The fraction of sp³-hybridized carbons (Fsp3) is 0.600. The summed E-state index contributed by atoms with van der Waals surface area (Å²) in [5, 5.41) is 3.29. The van der Waals surface area contributed by atoms with Gasteiger partial charge in [0.1, 0.15) is 12.1 Å². The quantitative estimate of drug-likeness (QED) is 0.911. The van der Waals surface area contributed by atoms with E-state index in [2.05, 4.69) is 64.1 Å². The molecule has 1 N–H and O–H groups in total. The molecule has 1 heterocycles. The molecule has 0 amide bonds. The molecule has 0 aromatic carbocycles. The summed E-state index contributed by atoms with van der Waals surface area (Å²) in [6.07, 6.45) is 3.27. The molecule has 4 nitrogen and oxygen atoms in total. The van der Waals surface area contributed by atoms with E-state index in [1.54, 1.807) is 6.20 Å². The van der Waals surface area contributed by atoms with Crippen LogP contribution in [0.15, 0.2) is 17.0 Å². The SMILES string of the molecule is CN(C)C(C)(C)CNc1ncncc1Br. The first-order valence-electron chi connectivity index (χ1n) is 4.80. The number of rotatable bonds is 4. The molecule has 0 spiro atoms. The Hall–Kier alpha value is -0.680. The van der Waals surface area contributed by atoms with Gasteiger partial charge < -0.3 is 10.2 Å². The molecule has 0 bridgehead atoms. The molecule has 0 saturated carbocycles. The number of hydrogen-bond donors (Lipinski definition) is 1. The van der Waals surface area contributed by atoms with E-state index >= 15 is 0 Å². The van der Waals surface area contributed by atoms with Crippen molar-refractivity contribution in [3.63, 3.8) is 0 Å². The Morgan fingerprint density at radius 1 is 1.47 bits per heavy atom. The first-order chi connectivity index (χ1) is 6.93. The average Bonchev–Trinajstić information content (AvgIpc) is 2.16. The van der Waals surface area contributed by atoms with Gasteiger partial charge in [-0.05, 0) is 43.9 Å². The normalized spacial score (nSPS) is 11.9. The Bertz CT molecular complexity index is 325. The number of anilines is 1. The van der Waals surface area contributed by atoms with Gasteiger partial charge >= 0.3 is 0 Å². The van der Waals surface area contributed by atoms with Crippen molar-refractivity contribution in [2.75, 3.05) is 26.0 Å². The zero-order valence-electron chi connectivity index (χ0n) is 9.58. The van der Waals surface area contributed by atoms with Crippen LogP contribution in [0.1, 0.15) is 13.8 Å². The van der Waals surface area contributed by atoms with Crippen LogP contribution in [0, 0.1) is 0 Å². The van der Waals surface area contributed by atoms with Crippen molar-refractivity contribution in [1.82, 2.24) is 14.9 Å². The highest BCUT2D eigenvalue weighted by atomic mass is 79.9. The number of nitrogens with zero attached hydrogens (tertiary/aromatic N) is 3. The highest BCUT2D eigenvalue weighted by molar-refractivity contribution is 9.10. The van der Waals surface area contributed by atoms with E-state index in [0.29, 0.717) is 0 Å². The van der Waals surface area contributed by atoms with Crippen molar-refractivity contribution >= 4 is 21.7 Å². The van der Waals surface area contributed by atoms with Gasteiger partial charge in [0.25, 0.3) is 0 Å². The molecular weight excluding hydrogens is 256 g/mol. The predicted octanol–water partition coefficient (Wildman–Crippen LogP) is 1.99. The summed E-state index contributed by atoms with van der Waals surface area (Å²) in [7, 11) is 4.13. The Kier molecular flexibility index (Phi) is 4.04. The van der Waals surface area contributed by atoms with Gasteiger partial charge in [-0.3, -0.25) is 0 Å². The summed E-state index contributed by atoms with van der Waals surface area (Å²) in [5.41, 5.74) is 0.0877. The van der Waals surface area contributed by atoms with Crippen LogP contribution in [0.3, 0.4) is 0 Å². The monoisotopic (exact) mass is 272 g/mol. The minimum atomic E-state index is 0.0877. The zero-order valence-corrected chi connectivity index (χ0v) is 11.2. The van der Waals surface area contributed by atoms with E-state index in [1.807, 2.05) is 0 Å². The maximum absolute atomic E-state index is 4.15. The molecule has 0 radical (unpaired) electrons. The number of nitrogens with one attached hydrogen (secondary N) is 1. The van der Waals surface area contributed by atoms with Crippen LogP contribution < -0.4 is 5.32 Å². The second-order valence-corrected chi connectivity index (χ2v) is 5.13. The first kappa shape index (κ1) is 12.4. The van der Waals surface area contributed by atoms with Gasteiger partial charge in [-0.1, -0.05) is 0 Å². The maximum atomic E-state index is 4.15.